The van der Waals surface area contributed by atoms with Crippen molar-refractivity contribution in [3.05, 3.63) is 58.9 Å². The molecule has 0 fully saturated rings. The summed E-state index contributed by atoms with van der Waals surface area (Å²) in [6.07, 6.45) is 3.57. The summed E-state index contributed by atoms with van der Waals surface area (Å²) in [6.45, 7) is 0.552. The van der Waals surface area contributed by atoms with E-state index in [0.29, 0.717) is 6.54 Å². The average molecular weight is 257 g/mol. The van der Waals surface area contributed by atoms with Crippen LogP contribution in [-0.2, 0) is 19.4 Å². The molecule has 19 heavy (non-hydrogen) atoms. The number of aryl methyl sites for hydroxylation is 2. The third-order valence-corrected chi connectivity index (χ3v) is 3.61. The normalized spacial score (nSPS) is 13.3. The van der Waals surface area contributed by atoms with E-state index in [1.165, 1.54) is 36.1 Å². The minimum atomic E-state index is -0.576. The molecule has 2 nitrogen and oxygen atoms in total. The third-order valence-electron chi connectivity index (χ3n) is 3.61. The molecule has 0 atom stereocenters. The number of aromatic hydroxyl groups is 1. The molecule has 0 amide bonds. The zero-order valence-electron chi connectivity index (χ0n) is 10.6. The second-order valence-electron chi connectivity index (χ2n) is 4.98. The van der Waals surface area contributed by atoms with Crippen LogP contribution in [0.1, 0.15) is 23.1 Å². The molecule has 2 N–H and O–H groups in total. The number of nitrogens with one attached hydrogen (secondary N) is 1. The first kappa shape index (κ1) is 12.0. The van der Waals surface area contributed by atoms with Crippen molar-refractivity contribution in [1.29, 1.82) is 0 Å². The van der Waals surface area contributed by atoms with Crippen LogP contribution in [0.25, 0.3) is 0 Å². The molecule has 3 heteroatoms. The van der Waals surface area contributed by atoms with Crippen molar-refractivity contribution in [2.24, 2.45) is 0 Å². The SMILES string of the molecule is Oc1ccc(CNc2ccc3c(c2)CCC3)cc1F. The summed E-state index contributed by atoms with van der Waals surface area (Å²) in [5.41, 5.74) is 4.74. The van der Waals surface area contributed by atoms with Gasteiger partial charge in [0.25, 0.3) is 0 Å². The molecule has 0 bridgehead atoms. The van der Waals surface area contributed by atoms with Gasteiger partial charge in [0.1, 0.15) is 0 Å². The fourth-order valence-corrected chi connectivity index (χ4v) is 2.55. The van der Waals surface area contributed by atoms with Crippen LogP contribution in [0.15, 0.2) is 36.4 Å². The summed E-state index contributed by atoms with van der Waals surface area (Å²) >= 11 is 0. The molecule has 0 radical (unpaired) electrons. The largest absolute Gasteiger partial charge is 0.505 e. The number of halogens is 1. The van der Waals surface area contributed by atoms with Gasteiger partial charge in [0.15, 0.2) is 11.6 Å². The van der Waals surface area contributed by atoms with Crippen molar-refractivity contribution >= 4 is 5.69 Å². The van der Waals surface area contributed by atoms with E-state index in [1.54, 1.807) is 6.07 Å². The number of hydrogen-bond acceptors (Lipinski definition) is 2. The quantitative estimate of drug-likeness (QED) is 0.880. The van der Waals surface area contributed by atoms with E-state index in [-0.39, 0.29) is 5.75 Å². The van der Waals surface area contributed by atoms with Gasteiger partial charge in [-0.2, -0.15) is 0 Å². The predicted octanol–water partition coefficient (Wildman–Crippen LogP) is 3.63. The molecular weight excluding hydrogens is 241 g/mol. The van der Waals surface area contributed by atoms with Gasteiger partial charge in [-0.05, 0) is 60.2 Å². The first-order valence-electron chi connectivity index (χ1n) is 6.55. The van der Waals surface area contributed by atoms with Gasteiger partial charge in [-0.25, -0.2) is 4.39 Å². The molecule has 0 spiro atoms. The molecule has 1 aliphatic rings. The number of phenols is 1. The zero-order valence-corrected chi connectivity index (χ0v) is 10.6. The zero-order chi connectivity index (χ0) is 13.2. The van der Waals surface area contributed by atoms with E-state index in [4.69, 9.17) is 5.11 Å². The monoisotopic (exact) mass is 257 g/mol. The van der Waals surface area contributed by atoms with Gasteiger partial charge in [-0.15, -0.1) is 0 Å². The van der Waals surface area contributed by atoms with Gasteiger partial charge in [-0.3, -0.25) is 0 Å². The topological polar surface area (TPSA) is 32.3 Å². The molecule has 2 aromatic rings. The van der Waals surface area contributed by atoms with Crippen LogP contribution in [0.3, 0.4) is 0 Å². The van der Waals surface area contributed by atoms with Crippen molar-refractivity contribution in [3.8, 4) is 5.75 Å². The van der Waals surface area contributed by atoms with Crippen molar-refractivity contribution in [1.82, 2.24) is 0 Å². The van der Waals surface area contributed by atoms with Crippen LogP contribution in [0.2, 0.25) is 0 Å². The molecule has 3 rings (SSSR count). The predicted molar refractivity (Wildman–Crippen MR) is 73.9 cm³/mol. The standard InChI is InChI=1S/C16H16FNO/c17-15-8-11(4-7-16(15)19)10-18-14-6-5-12-2-1-3-13(12)9-14/h4-9,18-19H,1-3,10H2. The average Bonchev–Trinajstić information content (AvgIpc) is 2.87. The summed E-state index contributed by atoms with van der Waals surface area (Å²) in [5, 5.41) is 12.4. The van der Waals surface area contributed by atoms with Crippen LogP contribution < -0.4 is 5.32 Å². The van der Waals surface area contributed by atoms with E-state index in [0.717, 1.165) is 17.7 Å². The Morgan fingerprint density at radius 2 is 1.89 bits per heavy atom. The van der Waals surface area contributed by atoms with Crippen LogP contribution in [0, 0.1) is 5.82 Å². The first-order valence-corrected chi connectivity index (χ1v) is 6.55. The molecule has 1 aliphatic carbocycles. The number of benzene rings is 2. The van der Waals surface area contributed by atoms with Crippen molar-refractivity contribution < 1.29 is 9.50 Å². The fraction of sp³-hybridized carbons (Fsp3) is 0.250. The van der Waals surface area contributed by atoms with Crippen LogP contribution in [0.5, 0.6) is 5.75 Å². The molecule has 0 unspecified atom stereocenters. The number of phenolic OH excluding ortho intramolecular Hbond substituents is 1. The Kier molecular flexibility index (Phi) is 3.11. The maximum atomic E-state index is 13.2. The molecule has 0 saturated heterocycles. The minimum absolute atomic E-state index is 0.304. The highest BCUT2D eigenvalue weighted by Gasteiger charge is 2.10. The summed E-state index contributed by atoms with van der Waals surface area (Å²) in [5.74, 6) is -0.880. The number of anilines is 1. The second kappa shape index (κ2) is 4.92. The number of fused-ring (bicyclic) bond motifs is 1. The number of rotatable bonds is 3. The Hall–Kier alpha value is -2.03. The van der Waals surface area contributed by atoms with Crippen molar-refractivity contribution in [3.63, 3.8) is 0 Å². The van der Waals surface area contributed by atoms with Gasteiger partial charge in [-0.1, -0.05) is 12.1 Å². The molecule has 2 aromatic carbocycles. The molecular formula is C16H16FNO. The summed E-state index contributed by atoms with van der Waals surface area (Å²) < 4.78 is 13.2. The smallest absolute Gasteiger partial charge is 0.165 e. The molecule has 98 valence electrons. The third kappa shape index (κ3) is 2.55. The maximum absolute atomic E-state index is 13.2. The van der Waals surface area contributed by atoms with Crippen LogP contribution in [-0.4, -0.2) is 5.11 Å². The van der Waals surface area contributed by atoms with Gasteiger partial charge in [0, 0.05) is 12.2 Å². The van der Waals surface area contributed by atoms with Crippen LogP contribution in [0.4, 0.5) is 10.1 Å². The van der Waals surface area contributed by atoms with E-state index < -0.39 is 5.82 Å². The Balaban J connectivity index is 1.70. The maximum Gasteiger partial charge on any atom is 0.165 e. The van der Waals surface area contributed by atoms with Gasteiger partial charge in [0.2, 0.25) is 0 Å². The second-order valence-corrected chi connectivity index (χ2v) is 4.98. The first-order chi connectivity index (χ1) is 9.22. The van der Waals surface area contributed by atoms with Crippen molar-refractivity contribution in [2.75, 3.05) is 5.32 Å². The Labute approximate surface area is 111 Å². The van der Waals surface area contributed by atoms with E-state index in [9.17, 15) is 4.39 Å². The molecule has 0 aliphatic heterocycles. The number of hydrogen-bond donors (Lipinski definition) is 2. The van der Waals surface area contributed by atoms with Gasteiger partial charge < -0.3 is 10.4 Å². The Morgan fingerprint density at radius 1 is 1.05 bits per heavy atom. The van der Waals surface area contributed by atoms with Crippen LogP contribution >= 0.6 is 0 Å². The Morgan fingerprint density at radius 3 is 2.74 bits per heavy atom. The molecule has 0 heterocycles. The fourth-order valence-electron chi connectivity index (χ4n) is 2.55. The molecule has 0 aromatic heterocycles. The highest BCUT2D eigenvalue weighted by atomic mass is 19.1. The van der Waals surface area contributed by atoms with Crippen molar-refractivity contribution in [2.45, 2.75) is 25.8 Å². The van der Waals surface area contributed by atoms with E-state index in [2.05, 4.69) is 23.5 Å². The lowest BCUT2D eigenvalue weighted by Crippen LogP contribution is -2.00. The Bertz CT molecular complexity index is 610. The van der Waals surface area contributed by atoms with E-state index in [1.807, 2.05) is 0 Å². The summed E-state index contributed by atoms with van der Waals surface area (Å²) in [7, 11) is 0. The van der Waals surface area contributed by atoms with Gasteiger partial charge >= 0.3 is 0 Å². The lowest BCUT2D eigenvalue weighted by molar-refractivity contribution is 0.432. The van der Waals surface area contributed by atoms with E-state index >= 15 is 0 Å². The lowest BCUT2D eigenvalue weighted by Gasteiger charge is -2.09. The summed E-state index contributed by atoms with van der Waals surface area (Å²) in [6, 6.07) is 10.9. The minimum Gasteiger partial charge on any atom is -0.505 e. The highest BCUT2D eigenvalue weighted by molar-refractivity contribution is 5.50. The molecule has 0 saturated carbocycles. The summed E-state index contributed by atoms with van der Waals surface area (Å²) in [4.78, 5) is 0. The highest BCUT2D eigenvalue weighted by Crippen LogP contribution is 2.25. The lowest BCUT2D eigenvalue weighted by atomic mass is 10.1. The van der Waals surface area contributed by atoms with Gasteiger partial charge in [0.05, 0.1) is 0 Å².